The molecule has 2 aromatic carbocycles. The summed E-state index contributed by atoms with van der Waals surface area (Å²) in [6, 6.07) is 13.2. The topological polar surface area (TPSA) is 92.8 Å². The summed E-state index contributed by atoms with van der Waals surface area (Å²) in [5, 5.41) is 15.0. The molecule has 0 radical (unpaired) electrons. The number of halogens is 2. The number of benzene rings is 2. The van der Waals surface area contributed by atoms with E-state index >= 15 is 0 Å². The average molecular weight is 472 g/mol. The van der Waals surface area contributed by atoms with Crippen LogP contribution in [0.5, 0.6) is 0 Å². The smallest absolute Gasteiger partial charge is 0.288 e. The van der Waals surface area contributed by atoms with E-state index in [1.165, 1.54) is 16.9 Å². The number of carbonyl (C=O) groups excluding carboxylic acids is 1. The molecular weight excluding hydrogens is 457 g/mol. The molecule has 0 unspecified atom stereocenters. The molecule has 0 bridgehead atoms. The van der Waals surface area contributed by atoms with Crippen molar-refractivity contribution in [3.05, 3.63) is 101 Å². The van der Waals surface area contributed by atoms with Gasteiger partial charge in [-0.3, -0.25) is 9.89 Å². The zero-order chi connectivity index (χ0) is 23.7. The minimum Gasteiger partial charge on any atom is -0.359 e. The van der Waals surface area contributed by atoms with E-state index in [-0.39, 0.29) is 23.3 Å². The monoisotopic (exact) mass is 471 g/mol. The number of amides is 1. The highest BCUT2D eigenvalue weighted by Crippen LogP contribution is 2.28. The van der Waals surface area contributed by atoms with Crippen LogP contribution in [0.3, 0.4) is 0 Å². The van der Waals surface area contributed by atoms with Crippen LogP contribution in [-0.4, -0.2) is 30.9 Å². The summed E-state index contributed by atoms with van der Waals surface area (Å²) in [7, 11) is 0. The Hall–Kier alpha value is -4.55. The van der Waals surface area contributed by atoms with Gasteiger partial charge in [0.05, 0.1) is 28.1 Å². The van der Waals surface area contributed by atoms with Crippen molar-refractivity contribution in [2.75, 3.05) is 0 Å². The Labute approximate surface area is 197 Å². The SMILES string of the molecule is [C-]#[N+]c1ncc(-c2ccn(-c3ccc(CNC(=O)c4ccc5[nH]ncc5c4)c(F)c3)n2)cc1Cl. The van der Waals surface area contributed by atoms with Crippen LogP contribution in [0.2, 0.25) is 5.02 Å². The van der Waals surface area contributed by atoms with Crippen molar-refractivity contribution in [1.82, 2.24) is 30.3 Å². The molecule has 166 valence electrons. The van der Waals surface area contributed by atoms with E-state index < -0.39 is 5.82 Å². The second-order valence-corrected chi connectivity index (χ2v) is 7.82. The largest absolute Gasteiger partial charge is 0.359 e. The zero-order valence-corrected chi connectivity index (χ0v) is 18.2. The highest BCUT2D eigenvalue weighted by Gasteiger charge is 2.12. The minimum absolute atomic E-state index is 0.0380. The average Bonchev–Trinajstić information content (AvgIpc) is 3.52. The Morgan fingerprint density at radius 1 is 1.18 bits per heavy atom. The lowest BCUT2D eigenvalue weighted by molar-refractivity contribution is 0.0950. The number of hydrogen-bond donors (Lipinski definition) is 2. The molecule has 0 fully saturated rings. The van der Waals surface area contributed by atoms with Crippen molar-refractivity contribution < 1.29 is 9.18 Å². The van der Waals surface area contributed by atoms with Crippen LogP contribution in [0.25, 0.3) is 32.7 Å². The van der Waals surface area contributed by atoms with Crippen LogP contribution in [0.4, 0.5) is 10.2 Å². The molecular formula is C24H15ClFN7O. The van der Waals surface area contributed by atoms with Crippen molar-refractivity contribution in [2.24, 2.45) is 0 Å². The zero-order valence-electron chi connectivity index (χ0n) is 17.5. The molecule has 0 spiro atoms. The predicted octanol–water partition coefficient (Wildman–Crippen LogP) is 5.08. The fourth-order valence-electron chi connectivity index (χ4n) is 3.46. The lowest BCUT2D eigenvalue weighted by Gasteiger charge is -2.09. The lowest BCUT2D eigenvalue weighted by atomic mass is 10.1. The summed E-state index contributed by atoms with van der Waals surface area (Å²) < 4.78 is 16.3. The molecule has 1 amide bonds. The van der Waals surface area contributed by atoms with Gasteiger partial charge in [0.25, 0.3) is 11.7 Å². The first-order chi connectivity index (χ1) is 16.5. The fraction of sp³-hybridized carbons (Fsp3) is 0.0417. The van der Waals surface area contributed by atoms with E-state index in [1.807, 2.05) is 0 Å². The molecule has 0 aliphatic heterocycles. The third-order valence-electron chi connectivity index (χ3n) is 5.26. The van der Waals surface area contributed by atoms with E-state index in [9.17, 15) is 9.18 Å². The number of H-pyrrole nitrogens is 1. The molecule has 2 N–H and O–H groups in total. The van der Waals surface area contributed by atoms with Crippen LogP contribution in [0.1, 0.15) is 15.9 Å². The molecule has 5 rings (SSSR count). The first kappa shape index (κ1) is 21.3. The maximum Gasteiger partial charge on any atom is 0.288 e. The summed E-state index contributed by atoms with van der Waals surface area (Å²) in [6.07, 6.45) is 4.84. The second-order valence-electron chi connectivity index (χ2n) is 7.42. The molecule has 0 saturated heterocycles. The normalized spacial score (nSPS) is 10.9. The van der Waals surface area contributed by atoms with Gasteiger partial charge in [-0.05, 0) is 42.5 Å². The van der Waals surface area contributed by atoms with Gasteiger partial charge >= 0.3 is 0 Å². The highest BCUT2D eigenvalue weighted by atomic mass is 35.5. The summed E-state index contributed by atoms with van der Waals surface area (Å²) in [5.41, 5.74) is 3.39. The molecule has 0 saturated carbocycles. The summed E-state index contributed by atoms with van der Waals surface area (Å²) >= 11 is 6.06. The number of hydrogen-bond acceptors (Lipinski definition) is 4. The molecule has 3 heterocycles. The number of nitrogens with zero attached hydrogens (tertiary/aromatic N) is 5. The quantitative estimate of drug-likeness (QED) is 0.349. The molecule has 8 nitrogen and oxygen atoms in total. The molecule has 0 atom stereocenters. The van der Waals surface area contributed by atoms with Crippen LogP contribution in [0, 0.1) is 12.4 Å². The van der Waals surface area contributed by atoms with E-state index in [4.69, 9.17) is 18.2 Å². The first-order valence-electron chi connectivity index (χ1n) is 10.1. The lowest BCUT2D eigenvalue weighted by Crippen LogP contribution is -2.23. The van der Waals surface area contributed by atoms with Crippen molar-refractivity contribution in [2.45, 2.75) is 6.54 Å². The van der Waals surface area contributed by atoms with Gasteiger partial charge in [-0.2, -0.15) is 10.2 Å². The number of pyridine rings is 1. The Morgan fingerprint density at radius 3 is 2.85 bits per heavy atom. The van der Waals surface area contributed by atoms with Crippen molar-refractivity contribution in [3.8, 4) is 16.9 Å². The van der Waals surface area contributed by atoms with Gasteiger partial charge in [-0.15, -0.1) is 4.98 Å². The van der Waals surface area contributed by atoms with E-state index in [1.54, 1.807) is 54.9 Å². The number of fused-ring (bicyclic) bond motifs is 1. The molecule has 5 aromatic rings. The van der Waals surface area contributed by atoms with Gasteiger partial charge in [-0.25, -0.2) is 9.07 Å². The molecule has 10 heteroatoms. The Balaban J connectivity index is 1.29. The Kier molecular flexibility index (Phi) is 5.49. The summed E-state index contributed by atoms with van der Waals surface area (Å²) in [6.45, 7) is 7.07. The van der Waals surface area contributed by atoms with Crippen LogP contribution < -0.4 is 5.32 Å². The minimum atomic E-state index is -0.466. The molecule has 0 aliphatic carbocycles. The molecule has 3 aromatic heterocycles. The summed E-state index contributed by atoms with van der Waals surface area (Å²) in [5.74, 6) is -0.650. The van der Waals surface area contributed by atoms with E-state index in [0.29, 0.717) is 28.1 Å². The summed E-state index contributed by atoms with van der Waals surface area (Å²) in [4.78, 5) is 19.7. The maximum absolute atomic E-state index is 14.8. The Bertz CT molecular complexity index is 1580. The fourth-order valence-corrected chi connectivity index (χ4v) is 3.67. The third-order valence-corrected chi connectivity index (χ3v) is 5.53. The van der Waals surface area contributed by atoms with Crippen molar-refractivity contribution in [3.63, 3.8) is 0 Å². The van der Waals surface area contributed by atoms with Gasteiger partial charge in [-0.1, -0.05) is 24.2 Å². The number of nitrogens with one attached hydrogen (secondary N) is 2. The van der Waals surface area contributed by atoms with Gasteiger partial charge in [0, 0.05) is 34.8 Å². The predicted molar refractivity (Wildman–Crippen MR) is 125 cm³/mol. The van der Waals surface area contributed by atoms with E-state index in [0.717, 1.165) is 10.9 Å². The highest BCUT2D eigenvalue weighted by molar-refractivity contribution is 6.33. The number of aromatic nitrogens is 5. The van der Waals surface area contributed by atoms with E-state index in [2.05, 4.69) is 30.4 Å². The standard InChI is InChI=1S/C24H15ClFN7O/c1-27-23-19(25)9-17(12-28-23)22-6-7-33(32-22)18-4-2-15(20(26)10-18)11-29-24(34)14-3-5-21-16(8-14)13-30-31-21/h2-10,12-13H,11H2,(H,29,34)(H,30,31). The van der Waals surface area contributed by atoms with Gasteiger partial charge in [0.1, 0.15) is 12.0 Å². The van der Waals surface area contributed by atoms with Crippen LogP contribution in [-0.2, 0) is 6.54 Å². The number of carbonyl (C=O) groups is 1. The Morgan fingerprint density at radius 2 is 2.06 bits per heavy atom. The maximum atomic E-state index is 14.8. The third kappa shape index (κ3) is 4.10. The van der Waals surface area contributed by atoms with Gasteiger partial charge < -0.3 is 10.2 Å². The van der Waals surface area contributed by atoms with Crippen molar-refractivity contribution >= 4 is 34.2 Å². The van der Waals surface area contributed by atoms with Crippen LogP contribution in [0.15, 0.2) is 67.1 Å². The second kappa shape index (κ2) is 8.77. The van der Waals surface area contributed by atoms with Gasteiger partial charge in [0.15, 0.2) is 0 Å². The van der Waals surface area contributed by atoms with Gasteiger partial charge in [0.2, 0.25) is 0 Å². The number of aromatic amines is 1. The first-order valence-corrected chi connectivity index (χ1v) is 10.5. The van der Waals surface area contributed by atoms with Crippen LogP contribution >= 0.6 is 11.6 Å². The van der Waals surface area contributed by atoms with Crippen molar-refractivity contribution in [1.29, 1.82) is 0 Å². The molecule has 0 aliphatic rings. The molecule has 34 heavy (non-hydrogen) atoms. The number of rotatable bonds is 5.